The van der Waals surface area contributed by atoms with Gasteiger partial charge in [-0.3, -0.25) is 0 Å². The summed E-state index contributed by atoms with van der Waals surface area (Å²) >= 11 is 5.74. The molecule has 0 fully saturated rings. The fraction of sp³-hybridized carbons (Fsp3) is 0.385. The minimum Gasteiger partial charge on any atom is -0.328 e. The molecule has 2 N–H and O–H groups in total. The Balaban J connectivity index is 2.75. The van der Waals surface area contributed by atoms with Crippen molar-refractivity contribution in [2.45, 2.75) is 32.2 Å². The van der Waals surface area contributed by atoms with Gasteiger partial charge >= 0.3 is 0 Å². The second-order valence-corrected chi connectivity index (χ2v) is 4.36. The van der Waals surface area contributed by atoms with Gasteiger partial charge in [0.1, 0.15) is 0 Å². The van der Waals surface area contributed by atoms with Gasteiger partial charge in [0.05, 0.1) is 10.6 Å². The molecule has 0 aromatic heterocycles. The first-order valence-electron chi connectivity index (χ1n) is 5.24. The number of hydrogen-bond donors (Lipinski definition) is 1. The van der Waals surface area contributed by atoms with Gasteiger partial charge in [-0.2, -0.15) is 0 Å². The van der Waals surface area contributed by atoms with E-state index >= 15 is 0 Å². The summed E-state index contributed by atoms with van der Waals surface area (Å²) in [6, 6.07) is 3.48. The van der Waals surface area contributed by atoms with Gasteiger partial charge in [-0.1, -0.05) is 17.5 Å². The van der Waals surface area contributed by atoms with Crippen LogP contribution in [-0.2, 0) is 6.42 Å². The molecule has 0 aliphatic carbocycles. The van der Waals surface area contributed by atoms with Crippen molar-refractivity contribution in [2.24, 2.45) is 5.73 Å². The maximum absolute atomic E-state index is 13.3. The quantitative estimate of drug-likeness (QED) is 0.803. The van der Waals surface area contributed by atoms with Crippen LogP contribution in [0.15, 0.2) is 12.1 Å². The molecule has 1 atom stereocenters. The molecular weight excluding hydrogens is 225 g/mol. The Kier molecular flexibility index (Phi) is 4.79. The van der Waals surface area contributed by atoms with Crippen LogP contribution in [0, 0.1) is 18.2 Å². The van der Waals surface area contributed by atoms with Gasteiger partial charge < -0.3 is 5.73 Å². The van der Waals surface area contributed by atoms with E-state index in [1.165, 1.54) is 0 Å². The fourth-order valence-electron chi connectivity index (χ4n) is 1.52. The van der Waals surface area contributed by atoms with E-state index in [9.17, 15) is 4.39 Å². The summed E-state index contributed by atoms with van der Waals surface area (Å²) < 4.78 is 13.3. The highest BCUT2D eigenvalue weighted by Gasteiger charge is 2.07. The number of terminal acetylenes is 1. The van der Waals surface area contributed by atoms with Crippen molar-refractivity contribution in [3.8, 4) is 12.3 Å². The Morgan fingerprint density at radius 2 is 2.25 bits per heavy atom. The molecule has 0 amide bonds. The second kappa shape index (κ2) is 5.89. The minimum atomic E-state index is -0.514. The van der Waals surface area contributed by atoms with Crippen LogP contribution in [0.5, 0.6) is 0 Å². The molecule has 1 aromatic rings. The standard InChI is InChI=1S/C13H15ClFN/c1-3-11-7-10(6-4-5-9(2)16)8-12(14)13(11)15/h1,7-9H,4-6,16H2,2H3. The smallest absolute Gasteiger partial charge is 0.157 e. The molecule has 0 aliphatic rings. The van der Waals surface area contributed by atoms with Crippen LogP contribution in [0.1, 0.15) is 30.9 Å². The number of halogens is 2. The van der Waals surface area contributed by atoms with Gasteiger partial charge in [-0.25, -0.2) is 4.39 Å². The lowest BCUT2D eigenvalue weighted by atomic mass is 10.0. The maximum atomic E-state index is 13.3. The lowest BCUT2D eigenvalue weighted by Gasteiger charge is -2.07. The third-order valence-corrected chi connectivity index (χ3v) is 2.64. The van der Waals surface area contributed by atoms with Crippen molar-refractivity contribution in [2.75, 3.05) is 0 Å². The van der Waals surface area contributed by atoms with Crippen LogP contribution in [-0.4, -0.2) is 6.04 Å². The van der Waals surface area contributed by atoms with Crippen LogP contribution in [0.3, 0.4) is 0 Å². The number of hydrogen-bond acceptors (Lipinski definition) is 1. The average molecular weight is 240 g/mol. The third-order valence-electron chi connectivity index (χ3n) is 2.37. The van der Waals surface area contributed by atoms with E-state index in [0.29, 0.717) is 0 Å². The van der Waals surface area contributed by atoms with Crippen LogP contribution in [0.25, 0.3) is 0 Å². The van der Waals surface area contributed by atoms with E-state index in [4.69, 9.17) is 23.8 Å². The zero-order valence-electron chi connectivity index (χ0n) is 9.26. The number of benzene rings is 1. The summed E-state index contributed by atoms with van der Waals surface area (Å²) in [5, 5.41) is 0.0891. The molecule has 0 aliphatic heterocycles. The van der Waals surface area contributed by atoms with Crippen molar-refractivity contribution >= 4 is 11.6 Å². The van der Waals surface area contributed by atoms with Crippen molar-refractivity contribution in [3.63, 3.8) is 0 Å². The highest BCUT2D eigenvalue weighted by atomic mass is 35.5. The number of rotatable bonds is 4. The van der Waals surface area contributed by atoms with E-state index in [1.807, 2.05) is 6.92 Å². The normalized spacial score (nSPS) is 12.2. The van der Waals surface area contributed by atoms with E-state index in [-0.39, 0.29) is 16.6 Å². The molecule has 1 aromatic carbocycles. The monoisotopic (exact) mass is 239 g/mol. The van der Waals surface area contributed by atoms with Gasteiger partial charge in [0.25, 0.3) is 0 Å². The molecular formula is C13H15ClFN. The number of aryl methyl sites for hydroxylation is 1. The van der Waals surface area contributed by atoms with Gasteiger partial charge in [-0.15, -0.1) is 6.42 Å². The van der Waals surface area contributed by atoms with Crippen LogP contribution in [0.2, 0.25) is 5.02 Å². The van der Waals surface area contributed by atoms with Gasteiger partial charge in [0, 0.05) is 6.04 Å². The maximum Gasteiger partial charge on any atom is 0.157 e. The molecule has 0 bridgehead atoms. The molecule has 3 heteroatoms. The second-order valence-electron chi connectivity index (χ2n) is 3.95. The first-order chi connectivity index (χ1) is 7.54. The van der Waals surface area contributed by atoms with Crippen molar-refractivity contribution in [1.29, 1.82) is 0 Å². The molecule has 0 radical (unpaired) electrons. The van der Waals surface area contributed by atoms with E-state index < -0.39 is 5.82 Å². The average Bonchev–Trinajstić information content (AvgIpc) is 2.22. The zero-order chi connectivity index (χ0) is 12.1. The van der Waals surface area contributed by atoms with Crippen molar-refractivity contribution in [3.05, 3.63) is 34.1 Å². The largest absolute Gasteiger partial charge is 0.328 e. The lowest BCUT2D eigenvalue weighted by molar-refractivity contribution is 0.615. The molecule has 86 valence electrons. The van der Waals surface area contributed by atoms with E-state index in [1.54, 1.807) is 12.1 Å². The van der Waals surface area contributed by atoms with Crippen LogP contribution >= 0.6 is 11.6 Å². The number of nitrogens with two attached hydrogens (primary N) is 1. The zero-order valence-corrected chi connectivity index (χ0v) is 10.0. The Morgan fingerprint density at radius 3 is 2.81 bits per heavy atom. The Bertz CT molecular complexity index is 407. The molecule has 1 unspecified atom stereocenters. The molecule has 1 nitrogen and oxygen atoms in total. The van der Waals surface area contributed by atoms with Gasteiger partial charge in [0.2, 0.25) is 0 Å². The summed E-state index contributed by atoms with van der Waals surface area (Å²) in [7, 11) is 0. The molecule has 1 rings (SSSR count). The van der Waals surface area contributed by atoms with Gasteiger partial charge in [0.15, 0.2) is 5.82 Å². The third kappa shape index (κ3) is 3.52. The summed E-state index contributed by atoms with van der Waals surface area (Å²) in [6.45, 7) is 1.96. The fourth-order valence-corrected chi connectivity index (χ4v) is 1.76. The van der Waals surface area contributed by atoms with Crippen LogP contribution in [0.4, 0.5) is 4.39 Å². The lowest BCUT2D eigenvalue weighted by Crippen LogP contribution is -2.14. The summed E-state index contributed by atoms with van der Waals surface area (Å²) in [5.74, 6) is 1.78. The van der Waals surface area contributed by atoms with E-state index in [2.05, 4.69) is 5.92 Å². The Labute approximate surface area is 101 Å². The highest BCUT2D eigenvalue weighted by Crippen LogP contribution is 2.21. The summed E-state index contributed by atoms with van der Waals surface area (Å²) in [6.07, 6.45) is 7.89. The molecule has 0 heterocycles. The van der Waals surface area contributed by atoms with E-state index in [0.717, 1.165) is 24.8 Å². The predicted molar refractivity (Wildman–Crippen MR) is 65.9 cm³/mol. The molecule has 0 saturated heterocycles. The first-order valence-corrected chi connectivity index (χ1v) is 5.62. The molecule has 0 saturated carbocycles. The SMILES string of the molecule is C#Cc1cc(CCCC(C)N)cc(Cl)c1F. The first kappa shape index (κ1) is 13.0. The van der Waals surface area contributed by atoms with Crippen molar-refractivity contribution < 1.29 is 4.39 Å². The summed E-state index contributed by atoms with van der Waals surface area (Å²) in [4.78, 5) is 0. The highest BCUT2D eigenvalue weighted by molar-refractivity contribution is 6.30. The topological polar surface area (TPSA) is 26.0 Å². The summed E-state index contributed by atoms with van der Waals surface area (Å²) in [5.41, 5.74) is 6.83. The van der Waals surface area contributed by atoms with Crippen molar-refractivity contribution in [1.82, 2.24) is 0 Å². The molecule has 16 heavy (non-hydrogen) atoms. The predicted octanol–water partition coefficient (Wildman–Crippen LogP) is 3.13. The minimum absolute atomic E-state index is 0.0891. The Hall–Kier alpha value is -1.04. The molecule has 0 spiro atoms. The van der Waals surface area contributed by atoms with Crippen LogP contribution < -0.4 is 5.73 Å². The Morgan fingerprint density at radius 1 is 1.56 bits per heavy atom. The van der Waals surface area contributed by atoms with Gasteiger partial charge in [-0.05, 0) is 43.9 Å².